The zero-order valence-corrected chi connectivity index (χ0v) is 7.73. The molecule has 14 heavy (non-hydrogen) atoms. The highest BCUT2D eigenvalue weighted by atomic mass is 16.3. The topological polar surface area (TPSA) is 88.2 Å². The Balaban J connectivity index is 2.69. The molecule has 1 aromatic rings. The Morgan fingerprint density at radius 2 is 2.43 bits per heavy atom. The number of hydrogen-bond acceptors (Lipinski definition) is 4. The molecule has 0 bridgehead atoms. The highest BCUT2D eigenvalue weighted by Gasteiger charge is 2.07. The summed E-state index contributed by atoms with van der Waals surface area (Å²) in [6.45, 7) is 1.02. The summed E-state index contributed by atoms with van der Waals surface area (Å²) in [5.74, 6) is -0.536. The second-order valence-corrected chi connectivity index (χ2v) is 2.78. The molecule has 0 aromatic carbocycles. The van der Waals surface area contributed by atoms with Crippen molar-refractivity contribution in [2.75, 3.05) is 13.2 Å². The van der Waals surface area contributed by atoms with E-state index in [1.807, 2.05) is 0 Å². The first-order chi connectivity index (χ1) is 6.75. The maximum absolute atomic E-state index is 10.9. The number of nitrogens with zero attached hydrogens (tertiary/aromatic N) is 1. The van der Waals surface area contributed by atoms with E-state index in [1.54, 1.807) is 12.1 Å². The third kappa shape index (κ3) is 2.79. The summed E-state index contributed by atoms with van der Waals surface area (Å²) in [6.07, 6.45) is 1.52. The van der Waals surface area contributed by atoms with Crippen LogP contribution in [0.25, 0.3) is 0 Å². The Morgan fingerprint density at radius 1 is 1.64 bits per heavy atom. The van der Waals surface area contributed by atoms with E-state index in [-0.39, 0.29) is 12.3 Å². The minimum Gasteiger partial charge on any atom is -0.395 e. The number of rotatable bonds is 5. The summed E-state index contributed by atoms with van der Waals surface area (Å²) in [7, 11) is 0. The lowest BCUT2D eigenvalue weighted by Gasteiger charge is -2.05. The lowest BCUT2D eigenvalue weighted by Crippen LogP contribution is -2.22. The molecule has 1 aromatic heterocycles. The van der Waals surface area contributed by atoms with E-state index in [1.165, 1.54) is 6.20 Å². The van der Waals surface area contributed by atoms with Crippen LogP contribution in [0.3, 0.4) is 0 Å². The fraction of sp³-hybridized carbons (Fsp3) is 0.333. The van der Waals surface area contributed by atoms with Gasteiger partial charge in [-0.15, -0.1) is 0 Å². The maximum Gasteiger partial charge on any atom is 0.267 e. The molecule has 76 valence electrons. The smallest absolute Gasteiger partial charge is 0.267 e. The number of pyridine rings is 1. The first-order valence-corrected chi connectivity index (χ1v) is 4.31. The van der Waals surface area contributed by atoms with Gasteiger partial charge in [-0.2, -0.15) is 0 Å². The molecule has 0 unspecified atom stereocenters. The fourth-order valence-electron chi connectivity index (χ4n) is 1.11. The molecule has 0 fully saturated rings. The van der Waals surface area contributed by atoms with Gasteiger partial charge in [0.1, 0.15) is 5.69 Å². The summed E-state index contributed by atoms with van der Waals surface area (Å²) in [4.78, 5) is 14.8. The van der Waals surface area contributed by atoms with E-state index < -0.39 is 5.91 Å². The van der Waals surface area contributed by atoms with Gasteiger partial charge in [-0.1, -0.05) is 6.07 Å². The summed E-state index contributed by atoms with van der Waals surface area (Å²) < 4.78 is 0. The monoisotopic (exact) mass is 195 g/mol. The summed E-state index contributed by atoms with van der Waals surface area (Å²) >= 11 is 0. The van der Waals surface area contributed by atoms with Crippen molar-refractivity contribution in [3.8, 4) is 0 Å². The van der Waals surface area contributed by atoms with Gasteiger partial charge in [-0.25, -0.2) is 0 Å². The van der Waals surface area contributed by atoms with E-state index in [0.29, 0.717) is 13.1 Å². The van der Waals surface area contributed by atoms with Crippen LogP contribution in [0.5, 0.6) is 0 Å². The maximum atomic E-state index is 10.9. The SMILES string of the molecule is NC(=O)c1ncccc1CNCCO. The molecular weight excluding hydrogens is 182 g/mol. The average molecular weight is 195 g/mol. The number of primary amides is 1. The molecule has 1 amide bonds. The zero-order valence-electron chi connectivity index (χ0n) is 7.73. The van der Waals surface area contributed by atoms with Crippen LogP contribution < -0.4 is 11.1 Å². The van der Waals surface area contributed by atoms with Gasteiger partial charge < -0.3 is 16.2 Å². The molecule has 5 heteroatoms. The van der Waals surface area contributed by atoms with E-state index in [4.69, 9.17) is 10.8 Å². The Labute approximate surface area is 82.0 Å². The lowest BCUT2D eigenvalue weighted by molar-refractivity contribution is 0.0994. The van der Waals surface area contributed by atoms with E-state index >= 15 is 0 Å². The van der Waals surface area contributed by atoms with Crippen molar-refractivity contribution in [3.05, 3.63) is 29.6 Å². The van der Waals surface area contributed by atoms with Gasteiger partial charge in [0, 0.05) is 19.3 Å². The molecule has 0 radical (unpaired) electrons. The predicted molar refractivity (Wildman–Crippen MR) is 51.5 cm³/mol. The van der Waals surface area contributed by atoms with Gasteiger partial charge in [0.25, 0.3) is 5.91 Å². The predicted octanol–water partition coefficient (Wildman–Crippen LogP) is -0.738. The van der Waals surface area contributed by atoms with Crippen molar-refractivity contribution in [2.45, 2.75) is 6.54 Å². The van der Waals surface area contributed by atoms with Gasteiger partial charge >= 0.3 is 0 Å². The summed E-state index contributed by atoms with van der Waals surface area (Å²) in [5, 5.41) is 11.5. The normalized spacial score (nSPS) is 10.1. The zero-order chi connectivity index (χ0) is 10.4. The van der Waals surface area contributed by atoms with Gasteiger partial charge in [0.05, 0.1) is 6.61 Å². The molecule has 1 rings (SSSR count). The van der Waals surface area contributed by atoms with Crippen molar-refractivity contribution in [3.63, 3.8) is 0 Å². The van der Waals surface area contributed by atoms with Crippen molar-refractivity contribution < 1.29 is 9.90 Å². The van der Waals surface area contributed by atoms with Crippen molar-refractivity contribution >= 4 is 5.91 Å². The second-order valence-electron chi connectivity index (χ2n) is 2.78. The molecule has 0 aliphatic rings. The highest BCUT2D eigenvalue weighted by Crippen LogP contribution is 2.03. The minimum absolute atomic E-state index is 0.0617. The van der Waals surface area contributed by atoms with Crippen LogP contribution >= 0.6 is 0 Å². The van der Waals surface area contributed by atoms with Crippen LogP contribution in [0.1, 0.15) is 16.1 Å². The number of hydrogen-bond donors (Lipinski definition) is 3. The van der Waals surface area contributed by atoms with Crippen LogP contribution in [-0.4, -0.2) is 29.1 Å². The van der Waals surface area contributed by atoms with E-state index in [9.17, 15) is 4.79 Å². The van der Waals surface area contributed by atoms with Crippen molar-refractivity contribution in [1.82, 2.24) is 10.3 Å². The molecule has 0 aliphatic heterocycles. The van der Waals surface area contributed by atoms with Crippen LogP contribution in [0, 0.1) is 0 Å². The molecule has 0 saturated heterocycles. The average Bonchev–Trinajstić information content (AvgIpc) is 2.19. The molecule has 0 aliphatic carbocycles. The number of aliphatic hydroxyl groups excluding tert-OH is 1. The van der Waals surface area contributed by atoms with Gasteiger partial charge in [-0.05, 0) is 11.6 Å². The fourth-order valence-corrected chi connectivity index (χ4v) is 1.11. The number of carbonyl (C=O) groups is 1. The van der Waals surface area contributed by atoms with Crippen LogP contribution in [0.2, 0.25) is 0 Å². The number of aromatic nitrogens is 1. The molecule has 4 N–H and O–H groups in total. The van der Waals surface area contributed by atoms with Gasteiger partial charge in [0.2, 0.25) is 0 Å². The third-order valence-electron chi connectivity index (χ3n) is 1.73. The number of carbonyl (C=O) groups excluding carboxylic acids is 1. The molecule has 0 saturated carbocycles. The van der Waals surface area contributed by atoms with Crippen LogP contribution in [-0.2, 0) is 6.54 Å². The number of nitrogens with two attached hydrogens (primary N) is 1. The van der Waals surface area contributed by atoms with Crippen LogP contribution in [0.4, 0.5) is 0 Å². The Bertz CT molecular complexity index is 315. The molecule has 0 atom stereocenters. The lowest BCUT2D eigenvalue weighted by atomic mass is 10.2. The first kappa shape index (κ1) is 10.6. The number of amides is 1. The second kappa shape index (κ2) is 5.31. The summed E-state index contributed by atoms with van der Waals surface area (Å²) in [5.41, 5.74) is 6.16. The van der Waals surface area contributed by atoms with Gasteiger partial charge in [0.15, 0.2) is 0 Å². The minimum atomic E-state index is -0.536. The van der Waals surface area contributed by atoms with E-state index in [2.05, 4.69) is 10.3 Å². The summed E-state index contributed by atoms with van der Waals surface area (Å²) in [6, 6.07) is 3.51. The third-order valence-corrected chi connectivity index (χ3v) is 1.73. The largest absolute Gasteiger partial charge is 0.395 e. The Kier molecular flexibility index (Phi) is 4.03. The number of aliphatic hydroxyl groups is 1. The molecule has 5 nitrogen and oxygen atoms in total. The molecular formula is C9H13N3O2. The highest BCUT2D eigenvalue weighted by molar-refractivity contribution is 5.92. The molecule has 1 heterocycles. The first-order valence-electron chi connectivity index (χ1n) is 4.31. The van der Waals surface area contributed by atoms with Crippen LogP contribution in [0.15, 0.2) is 18.3 Å². The number of nitrogens with one attached hydrogen (secondary N) is 1. The van der Waals surface area contributed by atoms with Gasteiger partial charge in [-0.3, -0.25) is 9.78 Å². The Hall–Kier alpha value is -1.46. The molecule has 0 spiro atoms. The standard InChI is InChI=1S/C9H13N3O2/c10-9(14)8-7(2-1-3-12-8)6-11-4-5-13/h1-3,11,13H,4-6H2,(H2,10,14). The van der Waals surface area contributed by atoms with Crippen molar-refractivity contribution in [1.29, 1.82) is 0 Å². The Morgan fingerprint density at radius 3 is 3.07 bits per heavy atom. The van der Waals surface area contributed by atoms with Crippen molar-refractivity contribution in [2.24, 2.45) is 5.73 Å². The quantitative estimate of drug-likeness (QED) is 0.540. The van der Waals surface area contributed by atoms with E-state index in [0.717, 1.165) is 5.56 Å².